The van der Waals surface area contributed by atoms with Gasteiger partial charge in [-0.1, -0.05) is 59.1 Å². The van der Waals surface area contributed by atoms with E-state index in [-0.39, 0.29) is 16.4 Å². The molecule has 0 atom stereocenters. The molecule has 4 aromatic rings. The molecule has 174 valence electrons. The maximum absolute atomic E-state index is 12.9. The number of benzene rings is 3. The fourth-order valence-corrected chi connectivity index (χ4v) is 4.30. The van der Waals surface area contributed by atoms with Crippen molar-refractivity contribution >= 4 is 64.0 Å². The number of carbonyl (C=O) groups is 3. The molecule has 0 fully saturated rings. The normalized spacial score (nSPS) is 12.7. The van der Waals surface area contributed by atoms with Gasteiger partial charge in [0.1, 0.15) is 5.02 Å². The van der Waals surface area contributed by atoms with Gasteiger partial charge >= 0.3 is 0 Å². The van der Waals surface area contributed by atoms with Crippen LogP contribution in [0, 0.1) is 0 Å². The molecule has 2 heterocycles. The monoisotopic (exact) mass is 524 g/mol. The van der Waals surface area contributed by atoms with Crippen molar-refractivity contribution in [1.82, 2.24) is 9.78 Å². The molecule has 10 heteroatoms. The van der Waals surface area contributed by atoms with E-state index >= 15 is 0 Å². The molecule has 1 aliphatic heterocycles. The molecule has 0 saturated heterocycles. The Labute approximate surface area is 214 Å². The van der Waals surface area contributed by atoms with Crippen LogP contribution in [0.5, 0.6) is 0 Å². The summed E-state index contributed by atoms with van der Waals surface area (Å²) < 4.78 is 1.56. The van der Waals surface area contributed by atoms with Crippen LogP contribution in [0.3, 0.4) is 0 Å². The molecular formula is C25H15Cl3N4O3. The number of amides is 3. The second-order valence-electron chi connectivity index (χ2n) is 7.77. The predicted molar refractivity (Wildman–Crippen MR) is 135 cm³/mol. The van der Waals surface area contributed by atoms with E-state index in [1.807, 2.05) is 6.07 Å². The first kappa shape index (κ1) is 23.1. The van der Waals surface area contributed by atoms with E-state index in [2.05, 4.69) is 10.4 Å². The number of aromatic nitrogens is 2. The molecule has 1 aromatic heterocycles. The van der Waals surface area contributed by atoms with Crippen molar-refractivity contribution in [1.29, 1.82) is 0 Å². The predicted octanol–water partition coefficient (Wildman–Crippen LogP) is 5.94. The van der Waals surface area contributed by atoms with E-state index in [9.17, 15) is 14.4 Å². The number of rotatable bonds is 5. The lowest BCUT2D eigenvalue weighted by atomic mass is 10.1. The molecule has 0 bridgehead atoms. The highest BCUT2D eigenvalue weighted by molar-refractivity contribution is 6.42. The van der Waals surface area contributed by atoms with Crippen molar-refractivity contribution in [2.45, 2.75) is 6.54 Å². The Morgan fingerprint density at radius 1 is 0.829 bits per heavy atom. The summed E-state index contributed by atoms with van der Waals surface area (Å²) in [6.45, 7) is 0.363. The lowest BCUT2D eigenvalue weighted by molar-refractivity contribution is 0.0924. The summed E-state index contributed by atoms with van der Waals surface area (Å²) in [5.41, 5.74) is 2.03. The maximum atomic E-state index is 12.9. The highest BCUT2D eigenvalue weighted by Gasteiger charge is 2.36. The van der Waals surface area contributed by atoms with E-state index in [1.165, 1.54) is 6.07 Å². The Bertz CT molecular complexity index is 1480. The van der Waals surface area contributed by atoms with Crippen LogP contribution in [-0.4, -0.2) is 27.5 Å². The van der Waals surface area contributed by atoms with Gasteiger partial charge in [0, 0.05) is 11.8 Å². The molecule has 0 saturated carbocycles. The molecule has 0 radical (unpaired) electrons. The van der Waals surface area contributed by atoms with Crippen LogP contribution >= 0.6 is 34.8 Å². The van der Waals surface area contributed by atoms with Gasteiger partial charge in [0.15, 0.2) is 5.82 Å². The Balaban J connectivity index is 1.34. The highest BCUT2D eigenvalue weighted by atomic mass is 35.5. The number of nitrogens with zero attached hydrogens (tertiary/aromatic N) is 3. The van der Waals surface area contributed by atoms with Gasteiger partial charge < -0.3 is 5.32 Å². The molecule has 7 nitrogen and oxygen atoms in total. The van der Waals surface area contributed by atoms with Crippen LogP contribution in [0.15, 0.2) is 72.9 Å². The smallest absolute Gasteiger partial charge is 0.266 e. The molecule has 1 N–H and O–H groups in total. The third-order valence-electron chi connectivity index (χ3n) is 5.44. The maximum Gasteiger partial charge on any atom is 0.266 e. The topological polar surface area (TPSA) is 84.3 Å². The second-order valence-corrected chi connectivity index (χ2v) is 8.99. The van der Waals surface area contributed by atoms with E-state index in [0.717, 1.165) is 10.5 Å². The minimum Gasteiger partial charge on any atom is -0.304 e. The van der Waals surface area contributed by atoms with Crippen LogP contribution in [0.25, 0.3) is 0 Å². The Morgan fingerprint density at radius 2 is 1.54 bits per heavy atom. The molecule has 3 amide bonds. The highest BCUT2D eigenvalue weighted by Crippen LogP contribution is 2.29. The van der Waals surface area contributed by atoms with Crippen molar-refractivity contribution in [3.05, 3.63) is 110 Å². The van der Waals surface area contributed by atoms with Crippen LogP contribution in [-0.2, 0) is 6.54 Å². The van der Waals surface area contributed by atoms with Crippen molar-refractivity contribution < 1.29 is 14.4 Å². The standard InChI is InChI=1S/C25H15Cl3N4O3/c26-19-9-8-14(10-20(19)27)12-31-13-21(28)22(30-31)29-23(33)15-4-3-5-16(11-15)32-24(34)17-6-1-2-7-18(17)25(32)35/h1-11,13H,12H2,(H,29,30,33). The van der Waals surface area contributed by atoms with Crippen LogP contribution in [0.1, 0.15) is 36.6 Å². The fourth-order valence-electron chi connectivity index (χ4n) is 3.78. The number of anilines is 2. The molecule has 0 aliphatic carbocycles. The molecule has 35 heavy (non-hydrogen) atoms. The first-order chi connectivity index (χ1) is 16.8. The van der Waals surface area contributed by atoms with Gasteiger partial charge in [0.25, 0.3) is 17.7 Å². The Morgan fingerprint density at radius 3 is 2.23 bits per heavy atom. The van der Waals surface area contributed by atoms with Crippen LogP contribution in [0.2, 0.25) is 15.1 Å². The number of imide groups is 1. The van der Waals surface area contributed by atoms with Crippen molar-refractivity contribution in [2.24, 2.45) is 0 Å². The first-order valence-electron chi connectivity index (χ1n) is 10.4. The summed E-state index contributed by atoms with van der Waals surface area (Å²) in [6, 6.07) is 18.0. The lowest BCUT2D eigenvalue weighted by Crippen LogP contribution is -2.29. The summed E-state index contributed by atoms with van der Waals surface area (Å²) in [5.74, 6) is -1.20. The number of hydrogen-bond donors (Lipinski definition) is 1. The summed E-state index contributed by atoms with van der Waals surface area (Å²) >= 11 is 18.3. The average Bonchev–Trinajstić information content (AvgIpc) is 3.32. The van der Waals surface area contributed by atoms with Gasteiger partial charge in [0.05, 0.1) is 33.4 Å². The quantitative estimate of drug-likeness (QED) is 0.327. The Kier molecular flexibility index (Phi) is 6.06. The fraction of sp³-hybridized carbons (Fsp3) is 0.0400. The average molecular weight is 526 g/mol. The zero-order valence-electron chi connectivity index (χ0n) is 17.8. The summed E-state index contributed by atoms with van der Waals surface area (Å²) in [7, 11) is 0. The third-order valence-corrected chi connectivity index (χ3v) is 6.45. The minimum atomic E-state index is -0.495. The lowest BCUT2D eigenvalue weighted by Gasteiger charge is -2.15. The van der Waals surface area contributed by atoms with E-state index < -0.39 is 17.7 Å². The zero-order valence-corrected chi connectivity index (χ0v) is 20.1. The van der Waals surface area contributed by atoms with Gasteiger partial charge in [-0.3, -0.25) is 19.1 Å². The van der Waals surface area contributed by atoms with E-state index in [1.54, 1.807) is 65.5 Å². The SMILES string of the molecule is O=C(Nc1nn(Cc2ccc(Cl)c(Cl)c2)cc1Cl)c1cccc(N2C(=O)c3ccccc3C2=O)c1. The van der Waals surface area contributed by atoms with Crippen LogP contribution < -0.4 is 10.2 Å². The molecule has 5 rings (SSSR count). The van der Waals surface area contributed by atoms with Crippen molar-refractivity contribution in [3.63, 3.8) is 0 Å². The second kappa shape index (κ2) is 9.19. The van der Waals surface area contributed by atoms with Gasteiger partial charge in [-0.25, -0.2) is 4.90 Å². The molecule has 0 spiro atoms. The number of halogens is 3. The van der Waals surface area contributed by atoms with Gasteiger partial charge in [-0.15, -0.1) is 0 Å². The molecule has 0 unspecified atom stereocenters. The molecule has 3 aromatic carbocycles. The van der Waals surface area contributed by atoms with Crippen molar-refractivity contribution in [3.8, 4) is 0 Å². The third kappa shape index (κ3) is 4.41. The van der Waals surface area contributed by atoms with Gasteiger partial charge in [-0.05, 0) is 48.0 Å². The summed E-state index contributed by atoms with van der Waals surface area (Å²) in [5, 5.41) is 8.12. The number of fused-ring (bicyclic) bond motifs is 1. The van der Waals surface area contributed by atoms with Crippen LogP contribution in [0.4, 0.5) is 11.5 Å². The summed E-state index contributed by atoms with van der Waals surface area (Å²) in [6.07, 6.45) is 1.58. The zero-order chi connectivity index (χ0) is 24.7. The summed E-state index contributed by atoms with van der Waals surface area (Å²) in [4.78, 5) is 39.5. The van der Waals surface area contributed by atoms with Crippen molar-refractivity contribution in [2.75, 3.05) is 10.2 Å². The number of carbonyl (C=O) groups excluding carboxylic acids is 3. The van der Waals surface area contributed by atoms with E-state index in [4.69, 9.17) is 34.8 Å². The number of nitrogens with one attached hydrogen (secondary N) is 1. The molecule has 1 aliphatic rings. The van der Waals surface area contributed by atoms with Gasteiger partial charge in [0.2, 0.25) is 0 Å². The minimum absolute atomic E-state index is 0.169. The van der Waals surface area contributed by atoms with Gasteiger partial charge in [-0.2, -0.15) is 5.10 Å². The Hall–Kier alpha value is -3.65. The first-order valence-corrected chi connectivity index (χ1v) is 11.5. The molecular weight excluding hydrogens is 511 g/mol. The van der Waals surface area contributed by atoms with E-state index in [0.29, 0.717) is 33.4 Å². The largest absolute Gasteiger partial charge is 0.304 e. The number of hydrogen-bond acceptors (Lipinski definition) is 4.